The number of ether oxygens (including phenoxy) is 1. The average Bonchev–Trinajstić information content (AvgIpc) is 3.20. The zero-order chi connectivity index (χ0) is 20.7. The molecular formula is C25H20N2O2S. The Hall–Kier alpha value is -3.44. The van der Waals surface area contributed by atoms with Crippen LogP contribution in [-0.4, -0.2) is 16.7 Å². The monoisotopic (exact) mass is 412 g/mol. The third kappa shape index (κ3) is 3.08. The molecule has 0 atom stereocenters. The van der Waals surface area contributed by atoms with E-state index < -0.39 is 0 Å². The van der Waals surface area contributed by atoms with Crippen molar-refractivity contribution in [3.63, 3.8) is 0 Å². The minimum Gasteiger partial charge on any atom is -0.497 e. The van der Waals surface area contributed by atoms with Crippen LogP contribution in [0.2, 0.25) is 0 Å². The lowest BCUT2D eigenvalue weighted by atomic mass is 10.0. The Kier molecular flexibility index (Phi) is 4.60. The molecule has 0 N–H and O–H groups in total. The van der Waals surface area contributed by atoms with Gasteiger partial charge in [-0.15, -0.1) is 11.3 Å². The lowest BCUT2D eigenvalue weighted by Crippen LogP contribution is -2.24. The summed E-state index contributed by atoms with van der Waals surface area (Å²) < 4.78 is 7.04. The van der Waals surface area contributed by atoms with Crippen LogP contribution in [0.15, 0.2) is 76.9 Å². The summed E-state index contributed by atoms with van der Waals surface area (Å²) in [6.07, 6.45) is 0. The molecule has 5 heteroatoms. The zero-order valence-electron chi connectivity index (χ0n) is 16.8. The van der Waals surface area contributed by atoms with E-state index in [0.717, 1.165) is 38.5 Å². The van der Waals surface area contributed by atoms with E-state index in [0.29, 0.717) is 11.9 Å². The van der Waals surface area contributed by atoms with Gasteiger partial charge in [-0.3, -0.25) is 9.36 Å². The molecule has 0 amide bonds. The molecule has 0 aliphatic carbocycles. The third-order valence-electron chi connectivity index (χ3n) is 5.49. The summed E-state index contributed by atoms with van der Waals surface area (Å²) in [4.78, 5) is 19.1. The van der Waals surface area contributed by atoms with Gasteiger partial charge < -0.3 is 4.74 Å². The summed E-state index contributed by atoms with van der Waals surface area (Å²) in [7, 11) is 1.65. The number of nitrogens with zero attached hydrogens (tertiary/aromatic N) is 2. The summed E-state index contributed by atoms with van der Waals surface area (Å²) in [5.41, 5.74) is 3.02. The molecule has 0 saturated heterocycles. The Morgan fingerprint density at radius 2 is 1.77 bits per heavy atom. The number of aromatic nitrogens is 2. The fourth-order valence-electron chi connectivity index (χ4n) is 3.90. The van der Waals surface area contributed by atoms with E-state index in [1.54, 1.807) is 11.7 Å². The Morgan fingerprint density at radius 1 is 1.00 bits per heavy atom. The quantitative estimate of drug-likeness (QED) is 0.383. The summed E-state index contributed by atoms with van der Waals surface area (Å²) in [5.74, 6) is 1.52. The van der Waals surface area contributed by atoms with Crippen LogP contribution in [0.3, 0.4) is 0 Å². The second-order valence-electron chi connectivity index (χ2n) is 7.25. The number of aryl methyl sites for hydroxylation is 1. The predicted octanol–water partition coefficient (Wildman–Crippen LogP) is 5.64. The number of benzene rings is 3. The molecule has 4 nitrogen and oxygen atoms in total. The fourth-order valence-corrected chi connectivity index (χ4v) is 4.88. The number of hydrogen-bond acceptors (Lipinski definition) is 4. The van der Waals surface area contributed by atoms with Gasteiger partial charge in [-0.25, -0.2) is 4.98 Å². The molecule has 2 heterocycles. The van der Waals surface area contributed by atoms with Gasteiger partial charge in [0, 0.05) is 10.9 Å². The maximum Gasteiger partial charge on any atom is 0.263 e. The highest BCUT2D eigenvalue weighted by Gasteiger charge is 2.16. The van der Waals surface area contributed by atoms with Gasteiger partial charge in [0.05, 0.1) is 19.0 Å². The highest BCUT2D eigenvalue weighted by molar-refractivity contribution is 7.17. The van der Waals surface area contributed by atoms with Crippen molar-refractivity contribution in [1.82, 2.24) is 9.55 Å². The molecule has 0 aliphatic heterocycles. The van der Waals surface area contributed by atoms with E-state index in [1.165, 1.54) is 16.7 Å². The smallest absolute Gasteiger partial charge is 0.263 e. The lowest BCUT2D eigenvalue weighted by molar-refractivity contribution is 0.415. The van der Waals surface area contributed by atoms with Gasteiger partial charge in [0.25, 0.3) is 5.56 Å². The highest BCUT2D eigenvalue weighted by Crippen LogP contribution is 2.32. The van der Waals surface area contributed by atoms with Gasteiger partial charge >= 0.3 is 0 Å². The van der Waals surface area contributed by atoms with Crippen LogP contribution < -0.4 is 10.3 Å². The molecule has 2 aromatic heterocycles. The predicted molar refractivity (Wildman–Crippen MR) is 124 cm³/mol. The zero-order valence-corrected chi connectivity index (χ0v) is 17.6. The molecule has 0 unspecified atom stereocenters. The minimum atomic E-state index is -0.00231. The molecule has 0 saturated carbocycles. The maximum atomic E-state index is 13.6. The van der Waals surface area contributed by atoms with Gasteiger partial charge in [-0.2, -0.15) is 0 Å². The Labute approximate surface area is 178 Å². The van der Waals surface area contributed by atoms with E-state index in [4.69, 9.17) is 9.72 Å². The van der Waals surface area contributed by atoms with E-state index in [-0.39, 0.29) is 5.56 Å². The molecule has 0 spiro atoms. The van der Waals surface area contributed by atoms with Gasteiger partial charge in [-0.05, 0) is 41.0 Å². The van der Waals surface area contributed by atoms with Crippen LogP contribution in [0.5, 0.6) is 5.75 Å². The molecule has 0 bridgehead atoms. The number of methoxy groups -OCH3 is 1. The van der Waals surface area contributed by atoms with Gasteiger partial charge in [0.1, 0.15) is 16.4 Å². The van der Waals surface area contributed by atoms with Gasteiger partial charge in [-0.1, -0.05) is 54.6 Å². The number of thiophene rings is 1. The molecule has 0 fully saturated rings. The van der Waals surface area contributed by atoms with Crippen LogP contribution in [0.1, 0.15) is 11.4 Å². The number of fused-ring (bicyclic) bond motifs is 2. The second kappa shape index (κ2) is 7.43. The molecule has 5 rings (SSSR count). The number of rotatable bonds is 4. The van der Waals surface area contributed by atoms with Crippen molar-refractivity contribution in [2.45, 2.75) is 13.5 Å². The molecule has 148 valence electrons. The average molecular weight is 413 g/mol. The minimum absolute atomic E-state index is 0.00231. The van der Waals surface area contributed by atoms with Gasteiger partial charge in [0.15, 0.2) is 0 Å². The first kappa shape index (κ1) is 18.6. The summed E-state index contributed by atoms with van der Waals surface area (Å²) in [6, 6.07) is 22.3. The van der Waals surface area contributed by atoms with Crippen molar-refractivity contribution < 1.29 is 4.74 Å². The molecule has 0 radical (unpaired) electrons. The Morgan fingerprint density at radius 3 is 2.57 bits per heavy atom. The summed E-state index contributed by atoms with van der Waals surface area (Å²) >= 11 is 1.51. The summed E-state index contributed by atoms with van der Waals surface area (Å²) in [5, 5.41) is 5.02. The van der Waals surface area contributed by atoms with Crippen LogP contribution in [0.4, 0.5) is 0 Å². The molecular weight excluding hydrogens is 392 g/mol. The van der Waals surface area contributed by atoms with Crippen LogP contribution in [0, 0.1) is 6.92 Å². The van der Waals surface area contributed by atoms with E-state index >= 15 is 0 Å². The van der Waals surface area contributed by atoms with Crippen molar-refractivity contribution >= 4 is 32.3 Å². The van der Waals surface area contributed by atoms with Crippen molar-refractivity contribution in [1.29, 1.82) is 0 Å². The highest BCUT2D eigenvalue weighted by atomic mass is 32.1. The van der Waals surface area contributed by atoms with Crippen molar-refractivity contribution in [3.05, 3.63) is 93.9 Å². The van der Waals surface area contributed by atoms with E-state index in [2.05, 4.69) is 24.3 Å². The van der Waals surface area contributed by atoms with Crippen LogP contribution >= 0.6 is 11.3 Å². The fraction of sp³-hybridized carbons (Fsp3) is 0.120. The Balaban J connectivity index is 1.66. The van der Waals surface area contributed by atoms with E-state index in [1.807, 2.05) is 54.8 Å². The maximum absolute atomic E-state index is 13.6. The van der Waals surface area contributed by atoms with Crippen molar-refractivity contribution in [2.75, 3.05) is 7.11 Å². The molecule has 3 aromatic carbocycles. The van der Waals surface area contributed by atoms with Crippen LogP contribution in [-0.2, 0) is 6.54 Å². The first-order chi connectivity index (χ1) is 14.7. The van der Waals surface area contributed by atoms with Gasteiger partial charge in [0.2, 0.25) is 0 Å². The molecule has 5 aromatic rings. The third-order valence-corrected chi connectivity index (χ3v) is 6.37. The Bertz CT molecular complexity index is 1430. The first-order valence-electron chi connectivity index (χ1n) is 9.75. The van der Waals surface area contributed by atoms with Crippen LogP contribution in [0.25, 0.3) is 32.1 Å². The molecule has 30 heavy (non-hydrogen) atoms. The number of hydrogen-bond donors (Lipinski definition) is 0. The SMILES string of the molecule is COc1ccc(-c2csc3nc(C)n(Cc4cccc5ccccc45)c(=O)c23)cc1. The topological polar surface area (TPSA) is 44.1 Å². The van der Waals surface area contributed by atoms with Crippen molar-refractivity contribution in [3.8, 4) is 16.9 Å². The molecule has 0 aliphatic rings. The second-order valence-corrected chi connectivity index (χ2v) is 8.10. The first-order valence-corrected chi connectivity index (χ1v) is 10.6. The lowest BCUT2D eigenvalue weighted by Gasteiger charge is -2.12. The van der Waals surface area contributed by atoms with Crippen molar-refractivity contribution in [2.24, 2.45) is 0 Å². The largest absolute Gasteiger partial charge is 0.497 e. The summed E-state index contributed by atoms with van der Waals surface area (Å²) in [6.45, 7) is 2.39. The normalized spacial score (nSPS) is 11.3. The standard InChI is InChI=1S/C25H20N2O2S/c1-16-26-24-23(22(15-30-24)18-10-12-20(29-2)13-11-18)25(28)27(16)14-19-8-5-7-17-6-3-4-9-21(17)19/h3-13,15H,14H2,1-2H3. The van der Waals surface area contributed by atoms with E-state index in [9.17, 15) is 4.79 Å².